The molecule has 0 N–H and O–H groups in total. The van der Waals surface area contributed by atoms with Crippen molar-refractivity contribution in [3.8, 4) is 0 Å². The summed E-state index contributed by atoms with van der Waals surface area (Å²) in [7, 11) is 0. The molecule has 2 aromatic heterocycles. The minimum Gasteiger partial charge on any atom is -0.361 e. The molecular formula is C18H18F3N5O2. The highest BCUT2D eigenvalue weighted by atomic mass is 19.4. The van der Waals surface area contributed by atoms with E-state index in [-0.39, 0.29) is 17.5 Å². The Morgan fingerprint density at radius 2 is 2.07 bits per heavy atom. The maximum atomic E-state index is 12.9. The first-order valence-electron chi connectivity index (χ1n) is 8.90. The summed E-state index contributed by atoms with van der Waals surface area (Å²) in [4.78, 5) is 14.6. The molecule has 3 aromatic rings. The van der Waals surface area contributed by atoms with E-state index in [9.17, 15) is 18.0 Å². The Morgan fingerprint density at radius 1 is 1.29 bits per heavy atom. The first-order chi connectivity index (χ1) is 13.3. The zero-order chi connectivity index (χ0) is 20.1. The number of alkyl halides is 3. The molecule has 1 atom stereocenters. The fraction of sp³-hybridized carbons (Fsp3) is 0.444. The van der Waals surface area contributed by atoms with Gasteiger partial charge in [0.15, 0.2) is 0 Å². The molecule has 7 nitrogen and oxygen atoms in total. The second-order valence-corrected chi connectivity index (χ2v) is 6.98. The van der Waals surface area contributed by atoms with Crippen LogP contribution in [-0.2, 0) is 6.18 Å². The van der Waals surface area contributed by atoms with E-state index in [1.54, 1.807) is 23.4 Å². The molecule has 1 aliphatic heterocycles. The first kappa shape index (κ1) is 18.5. The number of hydrogen-bond acceptors (Lipinski definition) is 5. The van der Waals surface area contributed by atoms with Gasteiger partial charge < -0.3 is 9.42 Å². The van der Waals surface area contributed by atoms with Crippen molar-refractivity contribution in [2.75, 3.05) is 13.1 Å². The third-order valence-corrected chi connectivity index (χ3v) is 5.08. The van der Waals surface area contributed by atoms with Crippen LogP contribution in [0.3, 0.4) is 0 Å². The van der Waals surface area contributed by atoms with Gasteiger partial charge in [-0.15, -0.1) is 5.10 Å². The number of carbonyl (C=O) groups is 1. The van der Waals surface area contributed by atoms with Crippen molar-refractivity contribution in [2.24, 2.45) is 0 Å². The molecule has 1 amide bonds. The molecule has 3 heterocycles. The minimum absolute atomic E-state index is 0.162. The Balaban J connectivity index is 1.61. The Bertz CT molecular complexity index is 1020. The Labute approximate surface area is 158 Å². The molecule has 28 heavy (non-hydrogen) atoms. The standard InChI is InChI=1S/C18H18F3N5O2/c1-10-16(11(2)28-23-10)17(27)25-7-3-4-13(9-25)26-15-6-5-12(18(19,20)21)8-14(15)22-24-26/h5-6,8,13H,3-4,7,9H2,1-2H3/t13-/m0/s1. The smallest absolute Gasteiger partial charge is 0.361 e. The van der Waals surface area contributed by atoms with Crippen LogP contribution in [0.25, 0.3) is 11.0 Å². The van der Waals surface area contributed by atoms with E-state index in [1.807, 2.05) is 0 Å². The summed E-state index contributed by atoms with van der Waals surface area (Å²) in [6, 6.07) is 3.24. The van der Waals surface area contributed by atoms with Gasteiger partial charge in [-0.25, -0.2) is 4.68 Å². The summed E-state index contributed by atoms with van der Waals surface area (Å²) < 4.78 is 45.4. The van der Waals surface area contributed by atoms with E-state index in [4.69, 9.17) is 4.52 Å². The van der Waals surface area contributed by atoms with Gasteiger partial charge in [0.1, 0.15) is 16.8 Å². The van der Waals surface area contributed by atoms with Crippen LogP contribution in [0.4, 0.5) is 13.2 Å². The Kier molecular flexibility index (Phi) is 4.35. The number of carbonyl (C=O) groups excluding carboxylic acids is 1. The molecule has 1 saturated heterocycles. The van der Waals surface area contributed by atoms with Crippen LogP contribution >= 0.6 is 0 Å². The molecule has 10 heteroatoms. The molecular weight excluding hydrogens is 375 g/mol. The summed E-state index contributed by atoms with van der Waals surface area (Å²) in [5.74, 6) is 0.306. The van der Waals surface area contributed by atoms with Crippen LogP contribution in [0.15, 0.2) is 22.7 Å². The lowest BCUT2D eigenvalue weighted by Gasteiger charge is -2.32. The normalized spacial score (nSPS) is 18.0. The average Bonchev–Trinajstić information content (AvgIpc) is 3.23. The van der Waals surface area contributed by atoms with Crippen LogP contribution in [-0.4, -0.2) is 44.0 Å². The van der Waals surface area contributed by atoms with Crippen molar-refractivity contribution in [3.05, 3.63) is 40.8 Å². The number of piperidine rings is 1. The zero-order valence-electron chi connectivity index (χ0n) is 15.3. The van der Waals surface area contributed by atoms with E-state index >= 15 is 0 Å². The number of rotatable bonds is 2. The van der Waals surface area contributed by atoms with Crippen molar-refractivity contribution in [2.45, 2.75) is 38.9 Å². The van der Waals surface area contributed by atoms with Gasteiger partial charge in [-0.1, -0.05) is 10.4 Å². The van der Waals surface area contributed by atoms with Gasteiger partial charge in [0, 0.05) is 13.1 Å². The summed E-state index contributed by atoms with van der Waals surface area (Å²) in [5.41, 5.74) is 0.939. The quantitative estimate of drug-likeness (QED) is 0.666. The summed E-state index contributed by atoms with van der Waals surface area (Å²) in [6.45, 7) is 4.39. The van der Waals surface area contributed by atoms with Gasteiger partial charge in [-0.05, 0) is 44.9 Å². The van der Waals surface area contributed by atoms with Gasteiger partial charge >= 0.3 is 6.18 Å². The van der Waals surface area contributed by atoms with Crippen LogP contribution in [0.1, 0.15) is 46.3 Å². The minimum atomic E-state index is -4.43. The lowest BCUT2D eigenvalue weighted by atomic mass is 10.0. The molecule has 1 aromatic carbocycles. The Hall–Kier alpha value is -2.91. The number of fused-ring (bicyclic) bond motifs is 1. The maximum Gasteiger partial charge on any atom is 0.416 e. The van der Waals surface area contributed by atoms with Gasteiger partial charge in [-0.3, -0.25) is 4.79 Å². The van der Waals surface area contributed by atoms with Crippen molar-refractivity contribution in [1.82, 2.24) is 25.1 Å². The molecule has 0 saturated carbocycles. The lowest BCUT2D eigenvalue weighted by Crippen LogP contribution is -2.41. The van der Waals surface area contributed by atoms with Crippen LogP contribution in [0.2, 0.25) is 0 Å². The van der Waals surface area contributed by atoms with Crippen molar-refractivity contribution < 1.29 is 22.5 Å². The van der Waals surface area contributed by atoms with Crippen molar-refractivity contribution in [3.63, 3.8) is 0 Å². The van der Waals surface area contributed by atoms with Crippen LogP contribution in [0, 0.1) is 13.8 Å². The number of likely N-dealkylation sites (tertiary alicyclic amines) is 1. The molecule has 0 radical (unpaired) electrons. The summed E-state index contributed by atoms with van der Waals surface area (Å²) in [5, 5.41) is 11.8. The molecule has 0 unspecified atom stereocenters. The Morgan fingerprint density at radius 3 is 2.75 bits per heavy atom. The molecule has 0 aliphatic carbocycles. The number of nitrogens with zero attached hydrogens (tertiary/aromatic N) is 5. The zero-order valence-corrected chi connectivity index (χ0v) is 15.3. The summed E-state index contributed by atoms with van der Waals surface area (Å²) in [6.07, 6.45) is -2.92. The highest BCUT2D eigenvalue weighted by Crippen LogP contribution is 2.32. The average molecular weight is 393 g/mol. The van der Waals surface area contributed by atoms with Gasteiger partial charge in [-0.2, -0.15) is 13.2 Å². The van der Waals surface area contributed by atoms with Gasteiger partial charge in [0.05, 0.1) is 22.8 Å². The predicted octanol–water partition coefficient (Wildman–Crippen LogP) is 3.53. The third kappa shape index (κ3) is 3.12. The lowest BCUT2D eigenvalue weighted by molar-refractivity contribution is -0.137. The number of hydrogen-bond donors (Lipinski definition) is 0. The molecule has 0 spiro atoms. The van der Waals surface area contributed by atoms with Gasteiger partial charge in [0.2, 0.25) is 0 Å². The van der Waals surface area contributed by atoms with Crippen LogP contribution in [0.5, 0.6) is 0 Å². The van der Waals surface area contributed by atoms with E-state index in [0.29, 0.717) is 35.6 Å². The monoisotopic (exact) mass is 393 g/mol. The molecule has 0 bridgehead atoms. The maximum absolute atomic E-state index is 12.9. The number of aromatic nitrogens is 4. The largest absolute Gasteiger partial charge is 0.416 e. The van der Waals surface area contributed by atoms with E-state index in [0.717, 1.165) is 25.0 Å². The fourth-order valence-electron chi connectivity index (χ4n) is 3.67. The third-order valence-electron chi connectivity index (χ3n) is 5.08. The topological polar surface area (TPSA) is 77.0 Å². The second-order valence-electron chi connectivity index (χ2n) is 6.98. The second kappa shape index (κ2) is 6.61. The van der Waals surface area contributed by atoms with Crippen LogP contribution < -0.4 is 0 Å². The van der Waals surface area contributed by atoms with E-state index < -0.39 is 11.7 Å². The predicted molar refractivity (Wildman–Crippen MR) is 92.7 cm³/mol. The molecule has 4 rings (SSSR count). The SMILES string of the molecule is Cc1noc(C)c1C(=O)N1CCC[C@H](n2nnc3cc(C(F)(F)F)ccc32)C1. The summed E-state index contributed by atoms with van der Waals surface area (Å²) >= 11 is 0. The number of benzene rings is 1. The number of amides is 1. The highest BCUT2D eigenvalue weighted by Gasteiger charge is 2.33. The van der Waals surface area contributed by atoms with E-state index in [2.05, 4.69) is 15.5 Å². The van der Waals surface area contributed by atoms with Crippen molar-refractivity contribution in [1.29, 1.82) is 0 Å². The molecule has 148 valence electrons. The van der Waals surface area contributed by atoms with Crippen molar-refractivity contribution >= 4 is 16.9 Å². The van der Waals surface area contributed by atoms with E-state index in [1.165, 1.54) is 6.07 Å². The highest BCUT2D eigenvalue weighted by molar-refractivity contribution is 5.96. The number of aryl methyl sites for hydroxylation is 2. The fourth-order valence-corrected chi connectivity index (χ4v) is 3.67. The molecule has 1 fully saturated rings. The molecule has 1 aliphatic rings. The number of halogens is 3. The van der Waals surface area contributed by atoms with Gasteiger partial charge in [0.25, 0.3) is 5.91 Å². The first-order valence-corrected chi connectivity index (χ1v) is 8.90.